The summed E-state index contributed by atoms with van der Waals surface area (Å²) in [5, 5.41) is 1.15. The first-order valence-electron chi connectivity index (χ1n) is 4.69. The van der Waals surface area contributed by atoms with Gasteiger partial charge >= 0.3 is 0 Å². The molecule has 1 aliphatic carbocycles. The van der Waals surface area contributed by atoms with Gasteiger partial charge in [-0.05, 0) is 46.3 Å². The van der Waals surface area contributed by atoms with E-state index in [4.69, 9.17) is 0 Å². The number of thioether (sulfide) groups is 1. The number of alkyl halides is 1. The van der Waals surface area contributed by atoms with Crippen molar-refractivity contribution in [2.75, 3.05) is 11.1 Å². The fourth-order valence-corrected chi connectivity index (χ4v) is 4.17. The molecule has 3 heteroatoms. The molecule has 76 valence electrons. The highest BCUT2D eigenvalue weighted by Crippen LogP contribution is 2.50. The van der Waals surface area contributed by atoms with E-state index in [2.05, 4.69) is 56.1 Å². The normalized spacial score (nSPS) is 18.1. The monoisotopic (exact) mass is 334 g/mol. The van der Waals surface area contributed by atoms with Gasteiger partial charge in [0.1, 0.15) is 0 Å². The van der Waals surface area contributed by atoms with Crippen LogP contribution in [-0.4, -0.2) is 11.1 Å². The molecule has 0 atom stereocenters. The molecule has 0 nitrogen and oxygen atoms in total. The van der Waals surface area contributed by atoms with E-state index in [1.807, 2.05) is 11.8 Å². The van der Waals surface area contributed by atoms with Gasteiger partial charge < -0.3 is 0 Å². The van der Waals surface area contributed by atoms with Crippen LogP contribution < -0.4 is 0 Å². The maximum absolute atomic E-state index is 3.60. The maximum atomic E-state index is 3.60. The molecule has 0 heterocycles. The molecule has 0 spiro atoms. The van der Waals surface area contributed by atoms with Crippen molar-refractivity contribution in [2.24, 2.45) is 5.41 Å². The van der Waals surface area contributed by atoms with E-state index < -0.39 is 0 Å². The Hall–Kier alpha value is 0.530. The van der Waals surface area contributed by atoms with E-state index in [0.29, 0.717) is 5.41 Å². The lowest BCUT2D eigenvalue weighted by Crippen LogP contribution is -2.04. The second-order valence-corrected chi connectivity index (χ2v) is 6.28. The highest BCUT2D eigenvalue weighted by Gasteiger charge is 2.41. The van der Waals surface area contributed by atoms with Crippen molar-refractivity contribution >= 4 is 43.6 Å². The van der Waals surface area contributed by atoms with Gasteiger partial charge in [-0.3, -0.25) is 0 Å². The van der Waals surface area contributed by atoms with Crippen LogP contribution in [-0.2, 0) is 0 Å². The molecule has 14 heavy (non-hydrogen) atoms. The quantitative estimate of drug-likeness (QED) is 0.567. The summed E-state index contributed by atoms with van der Waals surface area (Å²) in [7, 11) is 0. The van der Waals surface area contributed by atoms with Gasteiger partial charge in [0.2, 0.25) is 0 Å². The molecular weight excluding hydrogens is 324 g/mol. The Morgan fingerprint density at radius 1 is 1.29 bits per heavy atom. The maximum Gasteiger partial charge on any atom is 0.0311 e. The third kappa shape index (κ3) is 2.56. The topological polar surface area (TPSA) is 0 Å². The zero-order valence-corrected chi connectivity index (χ0v) is 11.8. The number of hydrogen-bond donors (Lipinski definition) is 0. The van der Waals surface area contributed by atoms with Crippen LogP contribution in [0.4, 0.5) is 0 Å². The largest absolute Gasteiger partial charge is 0.124 e. The van der Waals surface area contributed by atoms with Crippen LogP contribution in [0, 0.1) is 5.41 Å². The third-order valence-electron chi connectivity index (χ3n) is 2.61. The van der Waals surface area contributed by atoms with Crippen LogP contribution >= 0.6 is 43.6 Å². The van der Waals surface area contributed by atoms with E-state index in [0.717, 1.165) is 5.33 Å². The van der Waals surface area contributed by atoms with E-state index in [1.54, 1.807) is 0 Å². The van der Waals surface area contributed by atoms with Gasteiger partial charge in [-0.2, -0.15) is 0 Å². The predicted octanol–water partition coefficient (Wildman–Crippen LogP) is 4.72. The molecule has 0 N–H and O–H groups in total. The van der Waals surface area contributed by atoms with Crippen LogP contribution in [0.3, 0.4) is 0 Å². The number of rotatable bonds is 4. The van der Waals surface area contributed by atoms with Crippen molar-refractivity contribution in [1.82, 2.24) is 0 Å². The minimum atomic E-state index is 0.597. The molecule has 1 aromatic carbocycles. The SMILES string of the molecule is BrCC1(CSc2ccccc2Br)CC1. The molecule has 2 rings (SSSR count). The third-order valence-corrected chi connectivity index (χ3v) is 6.18. The van der Waals surface area contributed by atoms with Crippen LogP contribution in [0.1, 0.15) is 12.8 Å². The highest BCUT2D eigenvalue weighted by molar-refractivity contribution is 9.10. The Morgan fingerprint density at radius 2 is 2.00 bits per heavy atom. The Kier molecular flexibility index (Phi) is 3.61. The Bertz CT molecular complexity index is 321. The molecule has 0 radical (unpaired) electrons. The Labute approximate surface area is 106 Å². The molecule has 0 bridgehead atoms. The summed E-state index contributed by atoms with van der Waals surface area (Å²) in [6.45, 7) is 0. The summed E-state index contributed by atoms with van der Waals surface area (Å²) in [6, 6.07) is 8.45. The van der Waals surface area contributed by atoms with Gasteiger partial charge in [0.25, 0.3) is 0 Å². The lowest BCUT2D eigenvalue weighted by molar-refractivity contribution is 0.686. The van der Waals surface area contributed by atoms with Crippen molar-refractivity contribution in [2.45, 2.75) is 17.7 Å². The molecule has 0 saturated heterocycles. The molecule has 1 fully saturated rings. The Balaban J connectivity index is 1.95. The zero-order chi connectivity index (χ0) is 10.0. The van der Waals surface area contributed by atoms with Crippen LogP contribution in [0.15, 0.2) is 33.6 Å². The first-order chi connectivity index (χ1) is 6.76. The molecule has 0 unspecified atom stereocenters. The summed E-state index contributed by atoms with van der Waals surface area (Å²) in [6.07, 6.45) is 2.77. The summed E-state index contributed by atoms with van der Waals surface area (Å²) < 4.78 is 1.22. The number of hydrogen-bond acceptors (Lipinski definition) is 1. The molecule has 1 aromatic rings. The Morgan fingerprint density at radius 3 is 2.57 bits per heavy atom. The smallest absolute Gasteiger partial charge is 0.0311 e. The summed E-state index contributed by atoms with van der Waals surface area (Å²) in [5.74, 6) is 1.24. The second kappa shape index (κ2) is 4.58. The molecule has 0 aromatic heterocycles. The summed E-state index contributed by atoms with van der Waals surface area (Å²) in [5.41, 5.74) is 0.597. The minimum Gasteiger partial charge on any atom is -0.124 e. The summed E-state index contributed by atoms with van der Waals surface area (Å²) >= 11 is 9.14. The van der Waals surface area contributed by atoms with E-state index in [1.165, 1.54) is 28.0 Å². The van der Waals surface area contributed by atoms with Gasteiger partial charge in [-0.1, -0.05) is 28.1 Å². The molecular formula is C11H12Br2S. The lowest BCUT2D eigenvalue weighted by Gasteiger charge is -2.11. The van der Waals surface area contributed by atoms with E-state index >= 15 is 0 Å². The van der Waals surface area contributed by atoms with Gasteiger partial charge in [-0.25, -0.2) is 0 Å². The average Bonchev–Trinajstić information content (AvgIpc) is 2.98. The van der Waals surface area contributed by atoms with Gasteiger partial charge in [0.05, 0.1) is 0 Å². The number of benzene rings is 1. The average molecular weight is 336 g/mol. The van der Waals surface area contributed by atoms with Crippen molar-refractivity contribution in [3.8, 4) is 0 Å². The van der Waals surface area contributed by atoms with Gasteiger partial charge in [-0.15, -0.1) is 11.8 Å². The van der Waals surface area contributed by atoms with E-state index in [9.17, 15) is 0 Å². The fraction of sp³-hybridized carbons (Fsp3) is 0.455. The molecule has 1 saturated carbocycles. The standard InChI is InChI=1S/C11H12Br2S/c12-7-11(5-6-11)8-14-10-4-2-1-3-9(10)13/h1-4H,5-8H2. The first-order valence-corrected chi connectivity index (χ1v) is 7.59. The lowest BCUT2D eigenvalue weighted by atomic mass is 10.2. The molecule has 0 aliphatic heterocycles. The second-order valence-electron chi connectivity index (χ2n) is 3.85. The van der Waals surface area contributed by atoms with E-state index in [-0.39, 0.29) is 0 Å². The fourth-order valence-electron chi connectivity index (χ4n) is 1.29. The van der Waals surface area contributed by atoms with Crippen LogP contribution in [0.25, 0.3) is 0 Å². The minimum absolute atomic E-state index is 0.597. The van der Waals surface area contributed by atoms with Crippen LogP contribution in [0.2, 0.25) is 0 Å². The summed E-state index contributed by atoms with van der Waals surface area (Å²) in [4.78, 5) is 1.36. The van der Waals surface area contributed by atoms with Gasteiger partial charge in [0, 0.05) is 20.5 Å². The van der Waals surface area contributed by atoms with Crippen molar-refractivity contribution in [3.05, 3.63) is 28.7 Å². The predicted molar refractivity (Wildman–Crippen MR) is 70.3 cm³/mol. The zero-order valence-electron chi connectivity index (χ0n) is 7.80. The first kappa shape index (κ1) is 11.0. The van der Waals surface area contributed by atoms with Gasteiger partial charge in [0.15, 0.2) is 0 Å². The van der Waals surface area contributed by atoms with Crippen molar-refractivity contribution in [1.29, 1.82) is 0 Å². The van der Waals surface area contributed by atoms with Crippen LogP contribution in [0.5, 0.6) is 0 Å². The highest BCUT2D eigenvalue weighted by atomic mass is 79.9. The molecule has 0 amide bonds. The number of halogens is 2. The van der Waals surface area contributed by atoms with Crippen molar-refractivity contribution < 1.29 is 0 Å². The van der Waals surface area contributed by atoms with Crippen molar-refractivity contribution in [3.63, 3.8) is 0 Å². The molecule has 1 aliphatic rings.